The van der Waals surface area contributed by atoms with E-state index < -0.39 is 0 Å². The van der Waals surface area contributed by atoms with E-state index in [0.717, 1.165) is 35.9 Å². The Balaban J connectivity index is 1.54. The molecule has 6 nitrogen and oxygen atoms in total. The van der Waals surface area contributed by atoms with Crippen LogP contribution in [0.15, 0.2) is 54.6 Å². The molecular weight excluding hydrogens is 314 g/mol. The minimum atomic E-state index is 0.107. The van der Waals surface area contributed by atoms with Crippen LogP contribution in [0.1, 0.15) is 34.7 Å². The third-order valence-corrected chi connectivity index (χ3v) is 4.53. The number of ether oxygens (including phenoxy) is 1. The van der Waals surface area contributed by atoms with Crippen LogP contribution in [-0.4, -0.2) is 28.8 Å². The lowest BCUT2D eigenvalue weighted by atomic mass is 9.94. The summed E-state index contributed by atoms with van der Waals surface area (Å²) in [4.78, 5) is 4.73. The number of nitrogens with one attached hydrogen (secondary N) is 3. The molecule has 0 spiro atoms. The first-order valence-electron chi connectivity index (χ1n) is 8.41. The number of benzene rings is 2. The summed E-state index contributed by atoms with van der Waals surface area (Å²) in [6.45, 7) is 0.782. The third kappa shape index (κ3) is 3.40. The van der Waals surface area contributed by atoms with Gasteiger partial charge in [-0.3, -0.25) is 10.5 Å². The van der Waals surface area contributed by atoms with Gasteiger partial charge in [0, 0.05) is 13.0 Å². The second kappa shape index (κ2) is 7.04. The van der Waals surface area contributed by atoms with Gasteiger partial charge in [-0.2, -0.15) is 5.10 Å². The molecule has 6 heteroatoms. The fourth-order valence-corrected chi connectivity index (χ4v) is 3.23. The number of rotatable bonds is 5. The van der Waals surface area contributed by atoms with Gasteiger partial charge in [-0.1, -0.05) is 42.5 Å². The Labute approximate surface area is 146 Å². The van der Waals surface area contributed by atoms with Crippen molar-refractivity contribution in [3.8, 4) is 5.75 Å². The highest BCUT2D eigenvalue weighted by molar-refractivity contribution is 5.33. The van der Waals surface area contributed by atoms with E-state index in [2.05, 4.69) is 45.3 Å². The number of methoxy groups -OCH3 is 1. The van der Waals surface area contributed by atoms with Crippen molar-refractivity contribution >= 4 is 0 Å². The molecule has 3 N–H and O–H groups in total. The van der Waals surface area contributed by atoms with Crippen LogP contribution in [0.2, 0.25) is 0 Å². The summed E-state index contributed by atoms with van der Waals surface area (Å²) in [7, 11) is 1.68. The fraction of sp³-hybridized carbons (Fsp3) is 0.263. The van der Waals surface area contributed by atoms with Gasteiger partial charge >= 0.3 is 0 Å². The van der Waals surface area contributed by atoms with Crippen molar-refractivity contribution < 1.29 is 4.74 Å². The molecule has 3 aromatic rings. The lowest BCUT2D eigenvalue weighted by molar-refractivity contribution is 0.413. The maximum atomic E-state index is 5.34. The van der Waals surface area contributed by atoms with Crippen LogP contribution in [-0.2, 0) is 6.42 Å². The molecular formula is C19H21N5O. The topological polar surface area (TPSA) is 74.9 Å². The van der Waals surface area contributed by atoms with E-state index in [1.54, 1.807) is 7.11 Å². The van der Waals surface area contributed by atoms with Crippen molar-refractivity contribution in [2.45, 2.75) is 18.4 Å². The van der Waals surface area contributed by atoms with Crippen molar-refractivity contribution in [1.82, 2.24) is 26.0 Å². The van der Waals surface area contributed by atoms with E-state index in [0.29, 0.717) is 0 Å². The van der Waals surface area contributed by atoms with Crippen LogP contribution in [0.5, 0.6) is 5.75 Å². The predicted molar refractivity (Wildman–Crippen MR) is 95.2 cm³/mol. The number of nitrogens with zero attached hydrogens (tertiary/aromatic N) is 2. The Morgan fingerprint density at radius 3 is 2.84 bits per heavy atom. The van der Waals surface area contributed by atoms with Crippen LogP contribution in [0.25, 0.3) is 0 Å². The first-order valence-corrected chi connectivity index (χ1v) is 8.41. The summed E-state index contributed by atoms with van der Waals surface area (Å²) in [5.41, 5.74) is 8.94. The van der Waals surface area contributed by atoms with Crippen molar-refractivity contribution in [3.05, 3.63) is 77.4 Å². The average molecular weight is 335 g/mol. The molecule has 0 saturated carbocycles. The lowest BCUT2D eigenvalue weighted by Gasteiger charge is -2.16. The predicted octanol–water partition coefficient (Wildman–Crippen LogP) is 2.34. The van der Waals surface area contributed by atoms with Crippen molar-refractivity contribution in [1.29, 1.82) is 0 Å². The average Bonchev–Trinajstić information content (AvgIpc) is 3.32. The molecule has 4 rings (SSSR count). The quantitative estimate of drug-likeness (QED) is 0.667. The van der Waals surface area contributed by atoms with Crippen LogP contribution in [0.4, 0.5) is 0 Å². The van der Waals surface area contributed by atoms with Gasteiger partial charge in [0.1, 0.15) is 11.6 Å². The highest BCUT2D eigenvalue weighted by atomic mass is 16.5. The Hall–Kier alpha value is -2.70. The van der Waals surface area contributed by atoms with E-state index in [9.17, 15) is 0 Å². The highest BCUT2D eigenvalue weighted by Crippen LogP contribution is 2.32. The van der Waals surface area contributed by atoms with Crippen LogP contribution < -0.4 is 15.6 Å². The van der Waals surface area contributed by atoms with Crippen LogP contribution >= 0.6 is 0 Å². The van der Waals surface area contributed by atoms with Crippen LogP contribution in [0, 0.1) is 0 Å². The molecule has 1 aromatic heterocycles. The summed E-state index contributed by atoms with van der Waals surface area (Å²) in [6.07, 6.45) is 0.755. The number of aromatic amines is 1. The Kier molecular flexibility index (Phi) is 4.45. The summed E-state index contributed by atoms with van der Waals surface area (Å²) in [5, 5.41) is 7.55. The number of H-pyrrole nitrogens is 1. The molecule has 128 valence electrons. The van der Waals surface area contributed by atoms with Gasteiger partial charge in [0.25, 0.3) is 0 Å². The first-order chi connectivity index (χ1) is 12.3. The second-order valence-corrected chi connectivity index (χ2v) is 6.19. The summed E-state index contributed by atoms with van der Waals surface area (Å²) in [6, 6.07) is 18.5. The third-order valence-electron chi connectivity index (χ3n) is 4.53. The molecule has 0 aliphatic carbocycles. The Morgan fingerprint density at radius 2 is 2.00 bits per heavy atom. The standard InChI is InChI=1S/C19H21N5O/c1-25-15-9-5-8-14(11-15)18-16(12-20-23-18)19-21-17(22-24-19)10-13-6-3-2-4-7-13/h2-9,11,16,18,20,23H,10,12H2,1H3,(H,21,22,24). The minimum Gasteiger partial charge on any atom is -0.497 e. The minimum absolute atomic E-state index is 0.107. The molecule has 2 aromatic carbocycles. The maximum Gasteiger partial charge on any atom is 0.157 e. The zero-order chi connectivity index (χ0) is 17.1. The SMILES string of the molecule is COc1cccc(C2NNCC2c2n[nH]c(Cc3ccccc3)n2)c1. The van der Waals surface area contributed by atoms with E-state index in [1.165, 1.54) is 5.56 Å². The van der Waals surface area contributed by atoms with Gasteiger partial charge in [-0.05, 0) is 23.3 Å². The van der Waals surface area contributed by atoms with E-state index >= 15 is 0 Å². The van der Waals surface area contributed by atoms with Gasteiger partial charge in [0.2, 0.25) is 0 Å². The van der Waals surface area contributed by atoms with Crippen molar-refractivity contribution in [2.75, 3.05) is 13.7 Å². The second-order valence-electron chi connectivity index (χ2n) is 6.19. The largest absolute Gasteiger partial charge is 0.497 e. The zero-order valence-corrected chi connectivity index (χ0v) is 14.1. The van der Waals surface area contributed by atoms with Crippen molar-refractivity contribution in [3.63, 3.8) is 0 Å². The zero-order valence-electron chi connectivity index (χ0n) is 14.1. The van der Waals surface area contributed by atoms with Gasteiger partial charge in [0.05, 0.1) is 19.1 Å². The fourth-order valence-electron chi connectivity index (χ4n) is 3.23. The van der Waals surface area contributed by atoms with E-state index in [-0.39, 0.29) is 12.0 Å². The van der Waals surface area contributed by atoms with Gasteiger partial charge < -0.3 is 4.74 Å². The van der Waals surface area contributed by atoms with E-state index in [1.807, 2.05) is 30.3 Å². The van der Waals surface area contributed by atoms with E-state index in [4.69, 9.17) is 9.72 Å². The molecule has 1 fully saturated rings. The highest BCUT2D eigenvalue weighted by Gasteiger charge is 2.32. The van der Waals surface area contributed by atoms with Gasteiger partial charge in [0.15, 0.2) is 5.82 Å². The molecule has 1 aliphatic rings. The van der Waals surface area contributed by atoms with Crippen molar-refractivity contribution in [2.24, 2.45) is 0 Å². The van der Waals surface area contributed by atoms with Crippen LogP contribution in [0.3, 0.4) is 0 Å². The molecule has 0 bridgehead atoms. The molecule has 25 heavy (non-hydrogen) atoms. The summed E-state index contributed by atoms with van der Waals surface area (Å²) < 4.78 is 5.34. The number of aromatic nitrogens is 3. The summed E-state index contributed by atoms with van der Waals surface area (Å²) >= 11 is 0. The number of hydrogen-bond donors (Lipinski definition) is 3. The maximum absolute atomic E-state index is 5.34. The van der Waals surface area contributed by atoms with Gasteiger partial charge in [-0.15, -0.1) is 0 Å². The molecule has 2 heterocycles. The molecule has 1 aliphatic heterocycles. The Morgan fingerprint density at radius 1 is 1.12 bits per heavy atom. The number of hydrazine groups is 1. The monoisotopic (exact) mass is 335 g/mol. The first kappa shape index (κ1) is 15.8. The molecule has 0 radical (unpaired) electrons. The van der Waals surface area contributed by atoms with Gasteiger partial charge in [-0.25, -0.2) is 10.4 Å². The Bertz CT molecular complexity index is 833. The molecule has 2 unspecified atom stereocenters. The number of hydrogen-bond acceptors (Lipinski definition) is 5. The smallest absolute Gasteiger partial charge is 0.157 e. The lowest BCUT2D eigenvalue weighted by Crippen LogP contribution is -2.24. The normalized spacial score (nSPS) is 19.9. The molecule has 2 atom stereocenters. The summed E-state index contributed by atoms with van der Waals surface area (Å²) in [5.74, 6) is 2.73. The molecule has 1 saturated heterocycles. The molecule has 0 amide bonds.